The molecule has 0 spiro atoms. The lowest BCUT2D eigenvalue weighted by molar-refractivity contribution is -0.0567. The molecule has 0 amide bonds. The summed E-state index contributed by atoms with van der Waals surface area (Å²) in [6.45, 7) is 12.8. The summed E-state index contributed by atoms with van der Waals surface area (Å²) in [6, 6.07) is 0. The number of hydrogen-bond donors (Lipinski definition) is 0. The smallest absolute Gasteiger partial charge is 0.432 e. The van der Waals surface area contributed by atoms with Crippen molar-refractivity contribution in [2.24, 2.45) is 0 Å². The Balaban J connectivity index is 4.38. The normalized spacial score (nSPS) is 13.0. The molecule has 0 aromatic carbocycles. The van der Waals surface area contributed by atoms with Crippen molar-refractivity contribution in [3.05, 3.63) is 0 Å². The summed E-state index contributed by atoms with van der Waals surface area (Å²) in [5.41, 5.74) is 0. The second-order valence-corrected chi connectivity index (χ2v) is 9.49. The average Bonchev–Trinajstić information content (AvgIpc) is 2.89. The molecule has 7 heteroatoms. The van der Waals surface area contributed by atoms with Crippen LogP contribution in [0.15, 0.2) is 0 Å². The van der Waals surface area contributed by atoms with Gasteiger partial charge in [0.25, 0.3) is 0 Å². The van der Waals surface area contributed by atoms with Gasteiger partial charge in [-0.15, -0.1) is 0 Å². The first-order chi connectivity index (χ1) is 17.7. The minimum atomic E-state index is -0.655. The summed E-state index contributed by atoms with van der Waals surface area (Å²) in [5.74, 6) is 0. The lowest BCUT2D eigenvalue weighted by atomic mass is 10.1. The lowest BCUT2D eigenvalue weighted by Gasteiger charge is -2.20. The number of rotatable bonds is 28. The maximum Gasteiger partial charge on any atom is 0.508 e. The van der Waals surface area contributed by atoms with E-state index in [4.69, 9.17) is 28.4 Å². The van der Waals surface area contributed by atoms with Gasteiger partial charge in [-0.1, -0.05) is 91.9 Å². The van der Waals surface area contributed by atoms with Gasteiger partial charge in [0.1, 0.15) is 13.2 Å². The third-order valence-corrected chi connectivity index (χ3v) is 5.98. The summed E-state index contributed by atoms with van der Waals surface area (Å²) in [4.78, 5) is 12.3. The largest absolute Gasteiger partial charge is 0.508 e. The number of unbranched alkanes of at least 4 members (excludes halogenated alkanes) is 8. The molecule has 0 radical (unpaired) electrons. The van der Waals surface area contributed by atoms with Crippen LogP contribution in [0, 0.1) is 0 Å². The second-order valence-electron chi connectivity index (χ2n) is 9.49. The molecule has 0 aliphatic heterocycles. The van der Waals surface area contributed by atoms with Crippen molar-refractivity contribution in [2.75, 3.05) is 52.9 Å². The van der Waals surface area contributed by atoms with Gasteiger partial charge in [0.05, 0.1) is 38.6 Å². The minimum Gasteiger partial charge on any atom is -0.432 e. The molecule has 0 bridgehead atoms. The fraction of sp³-hybridized carbons (Fsp3) is 0.966. The molecule has 2 unspecified atom stereocenters. The van der Waals surface area contributed by atoms with Crippen LogP contribution < -0.4 is 0 Å². The van der Waals surface area contributed by atoms with Crippen LogP contribution in [0.4, 0.5) is 4.79 Å². The highest BCUT2D eigenvalue weighted by Crippen LogP contribution is 2.12. The SMILES string of the molecule is CCCCCCC(COC(=O)OCC(CCCCCC)OCCOCCCC)OCCOCCCC. The summed E-state index contributed by atoms with van der Waals surface area (Å²) >= 11 is 0. The van der Waals surface area contributed by atoms with Crippen molar-refractivity contribution in [3.63, 3.8) is 0 Å². The molecule has 216 valence electrons. The Morgan fingerprint density at radius 1 is 0.500 bits per heavy atom. The first-order valence-corrected chi connectivity index (χ1v) is 14.9. The second kappa shape index (κ2) is 28.7. The third kappa shape index (κ3) is 24.8. The predicted octanol–water partition coefficient (Wildman–Crippen LogP) is 7.48. The third-order valence-electron chi connectivity index (χ3n) is 5.98. The van der Waals surface area contributed by atoms with Crippen LogP contribution in [0.25, 0.3) is 0 Å². The van der Waals surface area contributed by atoms with E-state index in [0.29, 0.717) is 26.4 Å². The van der Waals surface area contributed by atoms with Crippen LogP contribution in [0.3, 0.4) is 0 Å². The standard InChI is InChI=1S/C29H58O7/c1-5-9-13-15-17-27(33-23-21-31-19-11-7-3)25-35-29(30)36-26-28(18-16-14-10-6-2)34-24-22-32-20-12-8-4/h27-28H,5-26H2,1-4H3. The average molecular weight is 519 g/mol. The Bertz CT molecular complexity index is 409. The van der Waals surface area contributed by atoms with E-state index in [9.17, 15) is 4.79 Å². The van der Waals surface area contributed by atoms with Gasteiger partial charge in [-0.2, -0.15) is 0 Å². The minimum absolute atomic E-state index is 0.134. The lowest BCUT2D eigenvalue weighted by Crippen LogP contribution is -2.27. The molecule has 0 saturated heterocycles. The molecule has 0 aromatic rings. The number of carbonyl (C=O) groups is 1. The van der Waals surface area contributed by atoms with Gasteiger partial charge >= 0.3 is 6.16 Å². The summed E-state index contributed by atoms with van der Waals surface area (Å²) < 4.78 is 33.9. The van der Waals surface area contributed by atoms with Crippen molar-refractivity contribution in [1.82, 2.24) is 0 Å². The topological polar surface area (TPSA) is 72.5 Å². The summed E-state index contributed by atoms with van der Waals surface area (Å²) in [6.07, 6.45) is 14.4. The fourth-order valence-electron chi connectivity index (χ4n) is 3.64. The molecule has 0 aliphatic carbocycles. The fourth-order valence-corrected chi connectivity index (χ4v) is 3.64. The van der Waals surface area contributed by atoms with Crippen molar-refractivity contribution >= 4 is 6.16 Å². The highest BCUT2D eigenvalue weighted by Gasteiger charge is 2.16. The Kier molecular flexibility index (Phi) is 28.0. The molecule has 0 aliphatic rings. The Morgan fingerprint density at radius 2 is 0.917 bits per heavy atom. The maximum atomic E-state index is 12.3. The monoisotopic (exact) mass is 518 g/mol. The molecular weight excluding hydrogens is 460 g/mol. The van der Waals surface area contributed by atoms with E-state index in [0.717, 1.165) is 77.4 Å². The van der Waals surface area contributed by atoms with Crippen molar-refractivity contribution in [1.29, 1.82) is 0 Å². The molecular formula is C29H58O7. The number of hydrogen-bond acceptors (Lipinski definition) is 7. The first-order valence-electron chi connectivity index (χ1n) is 14.9. The van der Waals surface area contributed by atoms with Gasteiger partial charge in [0.15, 0.2) is 0 Å². The quantitative estimate of drug-likeness (QED) is 0.0785. The Labute approximate surface area is 222 Å². The summed E-state index contributed by atoms with van der Waals surface area (Å²) in [7, 11) is 0. The molecule has 0 heterocycles. The van der Waals surface area contributed by atoms with Crippen LogP contribution in [0.2, 0.25) is 0 Å². The highest BCUT2D eigenvalue weighted by molar-refractivity contribution is 5.59. The van der Waals surface area contributed by atoms with Gasteiger partial charge in [-0.3, -0.25) is 0 Å². The van der Waals surface area contributed by atoms with Crippen molar-refractivity contribution in [3.8, 4) is 0 Å². The van der Waals surface area contributed by atoms with Crippen molar-refractivity contribution < 1.29 is 33.2 Å². The van der Waals surface area contributed by atoms with Gasteiger partial charge in [-0.05, 0) is 25.7 Å². The molecule has 7 nitrogen and oxygen atoms in total. The Morgan fingerprint density at radius 3 is 1.31 bits per heavy atom. The van der Waals surface area contributed by atoms with E-state index in [1.165, 1.54) is 25.7 Å². The molecule has 36 heavy (non-hydrogen) atoms. The number of ether oxygens (including phenoxy) is 6. The van der Waals surface area contributed by atoms with Gasteiger partial charge in [0.2, 0.25) is 0 Å². The van der Waals surface area contributed by atoms with E-state index < -0.39 is 6.16 Å². The van der Waals surface area contributed by atoms with Crippen LogP contribution in [-0.2, 0) is 28.4 Å². The van der Waals surface area contributed by atoms with E-state index in [1.807, 2.05) is 0 Å². The van der Waals surface area contributed by atoms with Crippen LogP contribution in [0.1, 0.15) is 118 Å². The molecule has 0 aromatic heterocycles. The van der Waals surface area contributed by atoms with Gasteiger partial charge < -0.3 is 28.4 Å². The molecule has 2 atom stereocenters. The first kappa shape index (κ1) is 35.1. The summed E-state index contributed by atoms with van der Waals surface area (Å²) in [5, 5.41) is 0. The van der Waals surface area contributed by atoms with Gasteiger partial charge in [-0.25, -0.2) is 4.79 Å². The zero-order valence-electron chi connectivity index (χ0n) is 24.1. The predicted molar refractivity (Wildman–Crippen MR) is 146 cm³/mol. The van der Waals surface area contributed by atoms with Crippen LogP contribution in [-0.4, -0.2) is 71.2 Å². The molecule has 0 rings (SSSR count). The zero-order valence-corrected chi connectivity index (χ0v) is 24.1. The van der Waals surface area contributed by atoms with E-state index in [-0.39, 0.29) is 25.4 Å². The molecule has 0 N–H and O–H groups in total. The highest BCUT2D eigenvalue weighted by atomic mass is 16.7. The maximum absolute atomic E-state index is 12.3. The molecule has 0 fully saturated rings. The Hall–Kier alpha value is -0.890. The van der Waals surface area contributed by atoms with E-state index in [2.05, 4.69) is 27.7 Å². The molecule has 0 saturated carbocycles. The number of carbonyl (C=O) groups excluding carboxylic acids is 1. The van der Waals surface area contributed by atoms with Crippen LogP contribution in [0.5, 0.6) is 0 Å². The van der Waals surface area contributed by atoms with E-state index >= 15 is 0 Å². The zero-order chi connectivity index (χ0) is 26.5. The van der Waals surface area contributed by atoms with Crippen LogP contribution >= 0.6 is 0 Å². The van der Waals surface area contributed by atoms with Gasteiger partial charge in [0, 0.05) is 13.2 Å². The van der Waals surface area contributed by atoms with E-state index in [1.54, 1.807) is 0 Å². The van der Waals surface area contributed by atoms with Crippen molar-refractivity contribution in [2.45, 2.75) is 130 Å².